The molecule has 0 unspecified atom stereocenters. The van der Waals surface area contributed by atoms with Crippen molar-refractivity contribution < 1.29 is 22.3 Å². The van der Waals surface area contributed by atoms with Crippen molar-refractivity contribution in [1.29, 1.82) is 0 Å². The Bertz CT molecular complexity index is 193. The Morgan fingerprint density at radius 1 is 1.60 bits per heavy atom. The molecule has 10 heavy (non-hydrogen) atoms. The van der Waals surface area contributed by atoms with Crippen LogP contribution in [0.2, 0.25) is 0 Å². The van der Waals surface area contributed by atoms with Gasteiger partial charge in [-0.3, -0.25) is 0 Å². The van der Waals surface area contributed by atoms with Gasteiger partial charge in [0.05, 0.1) is 0 Å². The van der Waals surface area contributed by atoms with Crippen LogP contribution in [-0.2, 0) is 0 Å². The van der Waals surface area contributed by atoms with Gasteiger partial charge in [0.15, 0.2) is 6.39 Å². The Morgan fingerprint density at radius 3 is 2.70 bits per heavy atom. The molecule has 1 radical (unpaired) electrons. The molecule has 0 spiro atoms. The molecule has 0 atom stereocenters. The van der Waals surface area contributed by atoms with Gasteiger partial charge in [-0.2, -0.15) is 4.98 Å². The highest BCUT2D eigenvalue weighted by Crippen LogP contribution is 2.19. The summed E-state index contributed by atoms with van der Waals surface area (Å²) in [5.41, 5.74) is 0. The quantitative estimate of drug-likeness (QED) is 0.609. The van der Waals surface area contributed by atoms with Gasteiger partial charge in [-0.15, -0.1) is 13.2 Å². The number of hydrogen-bond acceptors (Lipinski definition) is 3. The van der Waals surface area contributed by atoms with Gasteiger partial charge in [0.2, 0.25) is 6.26 Å². The van der Waals surface area contributed by atoms with Crippen LogP contribution in [0.1, 0.15) is 0 Å². The first-order valence-corrected chi connectivity index (χ1v) is 2.15. The van der Waals surface area contributed by atoms with E-state index in [9.17, 15) is 13.2 Å². The van der Waals surface area contributed by atoms with Crippen molar-refractivity contribution >= 4 is 0 Å². The highest BCUT2D eigenvalue weighted by molar-refractivity contribution is 4.95. The predicted molar refractivity (Wildman–Crippen MR) is 22.0 cm³/mol. The third-order valence-corrected chi connectivity index (χ3v) is 0.581. The van der Waals surface area contributed by atoms with E-state index in [-0.39, 0.29) is 0 Å². The maximum atomic E-state index is 11.3. The average molecular weight is 152 g/mol. The molecule has 0 aliphatic carbocycles. The van der Waals surface area contributed by atoms with Gasteiger partial charge in [0.25, 0.3) is 5.88 Å². The molecule has 0 aliphatic rings. The van der Waals surface area contributed by atoms with Crippen molar-refractivity contribution in [3.05, 3.63) is 12.7 Å². The Labute approximate surface area is 53.4 Å². The Morgan fingerprint density at radius 2 is 2.30 bits per heavy atom. The zero-order valence-electron chi connectivity index (χ0n) is 4.47. The first kappa shape index (κ1) is 6.91. The van der Waals surface area contributed by atoms with Gasteiger partial charge in [-0.1, -0.05) is 0 Å². The monoisotopic (exact) mass is 152 g/mol. The van der Waals surface area contributed by atoms with Gasteiger partial charge in [-0.05, 0) is 0 Å². The molecule has 55 valence electrons. The van der Waals surface area contributed by atoms with E-state index in [2.05, 4.69) is 14.1 Å². The van der Waals surface area contributed by atoms with Crippen molar-refractivity contribution in [2.75, 3.05) is 0 Å². The first-order valence-electron chi connectivity index (χ1n) is 2.15. The van der Waals surface area contributed by atoms with Crippen LogP contribution >= 0.6 is 0 Å². The van der Waals surface area contributed by atoms with E-state index in [1.807, 2.05) is 0 Å². The van der Waals surface area contributed by atoms with Crippen LogP contribution < -0.4 is 4.74 Å². The maximum absolute atomic E-state index is 11.3. The summed E-state index contributed by atoms with van der Waals surface area (Å²) in [5, 5.41) is 0. The third kappa shape index (κ3) is 1.96. The van der Waals surface area contributed by atoms with E-state index in [4.69, 9.17) is 0 Å². The van der Waals surface area contributed by atoms with E-state index in [1.165, 1.54) is 0 Å². The number of hydrogen-bond donors (Lipinski definition) is 0. The van der Waals surface area contributed by atoms with Crippen molar-refractivity contribution in [2.45, 2.75) is 6.36 Å². The van der Waals surface area contributed by atoms with E-state index >= 15 is 0 Å². The van der Waals surface area contributed by atoms with Gasteiger partial charge in [-0.25, -0.2) is 0 Å². The fraction of sp³-hybridized carbons (Fsp3) is 0.250. The first-order chi connectivity index (χ1) is 4.58. The summed E-state index contributed by atoms with van der Waals surface area (Å²) in [4.78, 5) is 3.04. The van der Waals surface area contributed by atoms with Crippen LogP contribution in [0.15, 0.2) is 10.8 Å². The number of aromatic nitrogens is 1. The molecule has 1 rings (SSSR count). The number of alkyl halides is 3. The highest BCUT2D eigenvalue weighted by Gasteiger charge is 2.32. The summed E-state index contributed by atoms with van der Waals surface area (Å²) in [7, 11) is 0. The molecule has 0 saturated heterocycles. The number of ether oxygens (including phenoxy) is 1. The molecule has 0 saturated carbocycles. The van der Waals surface area contributed by atoms with Gasteiger partial charge >= 0.3 is 6.36 Å². The van der Waals surface area contributed by atoms with Gasteiger partial charge in [0.1, 0.15) is 0 Å². The van der Waals surface area contributed by atoms with Crippen LogP contribution in [0.4, 0.5) is 13.2 Å². The van der Waals surface area contributed by atoms with Crippen LogP contribution in [0.25, 0.3) is 0 Å². The maximum Gasteiger partial charge on any atom is 0.574 e. The minimum Gasteiger partial charge on any atom is -0.436 e. The SMILES string of the molecule is FC(F)(F)Oc1[c]ocn1. The largest absolute Gasteiger partial charge is 0.574 e. The Hall–Kier alpha value is -1.20. The minimum atomic E-state index is -4.73. The van der Waals surface area contributed by atoms with E-state index in [0.29, 0.717) is 0 Å². The summed E-state index contributed by atoms with van der Waals surface area (Å²) in [6.07, 6.45) is -2.17. The second kappa shape index (κ2) is 2.20. The molecule has 0 aromatic carbocycles. The zero-order valence-corrected chi connectivity index (χ0v) is 4.47. The zero-order chi connectivity index (χ0) is 7.61. The summed E-state index contributed by atoms with van der Waals surface area (Å²) >= 11 is 0. The average Bonchev–Trinajstić information content (AvgIpc) is 2.12. The molecule has 0 amide bonds. The second-order valence-corrected chi connectivity index (χ2v) is 1.31. The molecule has 0 fully saturated rings. The Kier molecular flexibility index (Phi) is 1.52. The van der Waals surface area contributed by atoms with Gasteiger partial charge < -0.3 is 9.15 Å². The molecule has 0 aliphatic heterocycles. The molecule has 1 heterocycles. The second-order valence-electron chi connectivity index (χ2n) is 1.31. The van der Waals surface area contributed by atoms with Crippen LogP contribution in [0, 0.1) is 6.26 Å². The van der Waals surface area contributed by atoms with E-state index in [1.54, 1.807) is 6.26 Å². The fourth-order valence-electron chi connectivity index (χ4n) is 0.334. The van der Waals surface area contributed by atoms with Crippen LogP contribution in [0.5, 0.6) is 5.88 Å². The predicted octanol–water partition coefficient (Wildman–Crippen LogP) is 1.37. The number of rotatable bonds is 1. The summed E-state index contributed by atoms with van der Waals surface area (Å²) in [6, 6.07) is 0. The van der Waals surface area contributed by atoms with E-state index < -0.39 is 12.2 Å². The lowest BCUT2D eigenvalue weighted by Crippen LogP contribution is -2.17. The normalized spacial score (nSPS) is 11.5. The number of nitrogens with zero attached hydrogens (tertiary/aromatic N) is 1. The molecule has 1 aromatic rings. The van der Waals surface area contributed by atoms with Crippen molar-refractivity contribution in [1.82, 2.24) is 4.98 Å². The fourth-order valence-corrected chi connectivity index (χ4v) is 0.334. The molecule has 1 aromatic heterocycles. The minimum absolute atomic E-state index is 0.715. The third-order valence-electron chi connectivity index (χ3n) is 0.581. The molecular weight excluding hydrogens is 151 g/mol. The molecule has 6 heteroatoms. The summed E-state index contributed by atoms with van der Waals surface area (Å²) in [6.45, 7) is 0. The summed E-state index contributed by atoms with van der Waals surface area (Å²) < 4.78 is 41.3. The van der Waals surface area contributed by atoms with Crippen LogP contribution in [-0.4, -0.2) is 11.3 Å². The van der Waals surface area contributed by atoms with Crippen molar-refractivity contribution in [3.8, 4) is 5.88 Å². The standard InChI is InChI=1S/C4HF3NO2/c5-4(6,7)10-3-1-9-2-8-3/h2H. The molecule has 0 bridgehead atoms. The lowest BCUT2D eigenvalue weighted by atomic mass is 10.9. The molecular formula is C4HF3NO2. The topological polar surface area (TPSA) is 35.3 Å². The Balaban J connectivity index is 2.57. The highest BCUT2D eigenvalue weighted by atomic mass is 19.4. The lowest BCUT2D eigenvalue weighted by molar-refractivity contribution is -0.276. The van der Waals surface area contributed by atoms with Crippen molar-refractivity contribution in [2.24, 2.45) is 0 Å². The van der Waals surface area contributed by atoms with E-state index in [0.717, 1.165) is 6.39 Å². The smallest absolute Gasteiger partial charge is 0.436 e. The number of oxazole rings is 1. The van der Waals surface area contributed by atoms with Crippen molar-refractivity contribution in [3.63, 3.8) is 0 Å². The molecule has 3 nitrogen and oxygen atoms in total. The van der Waals surface area contributed by atoms with Crippen LogP contribution in [0.3, 0.4) is 0 Å². The lowest BCUT2D eigenvalue weighted by Gasteiger charge is -2.02. The molecule has 0 N–H and O–H groups in total. The number of halogens is 3. The summed E-state index contributed by atoms with van der Waals surface area (Å²) in [5.74, 6) is -0.715. The van der Waals surface area contributed by atoms with Gasteiger partial charge in [0, 0.05) is 0 Å².